The number of hydrogen-bond acceptors (Lipinski definition) is 8. The molecule has 0 aliphatic carbocycles. The Morgan fingerprint density at radius 2 is 1.53 bits per heavy atom. The van der Waals surface area contributed by atoms with E-state index in [1.807, 2.05) is 66.7 Å². The number of H-pyrrole nitrogens is 1. The Labute approximate surface area is 276 Å². The van der Waals surface area contributed by atoms with E-state index in [0.717, 1.165) is 16.7 Å². The van der Waals surface area contributed by atoms with Gasteiger partial charge in [0.1, 0.15) is 23.8 Å². The number of aromatic nitrogens is 4. The summed E-state index contributed by atoms with van der Waals surface area (Å²) in [4.78, 5) is 23.9. The van der Waals surface area contributed by atoms with Crippen LogP contribution in [-0.2, 0) is 19.5 Å². The van der Waals surface area contributed by atoms with Gasteiger partial charge in [0.2, 0.25) is 9.04 Å². The van der Waals surface area contributed by atoms with Crippen molar-refractivity contribution in [2.24, 2.45) is 0 Å². The highest BCUT2D eigenvalue weighted by Gasteiger charge is 2.49. The lowest BCUT2D eigenvalue weighted by Crippen LogP contribution is -2.42. The Kier molecular flexibility index (Phi) is 9.33. The van der Waals surface area contributed by atoms with E-state index in [-0.39, 0.29) is 16.1 Å². The van der Waals surface area contributed by atoms with Gasteiger partial charge in [-0.1, -0.05) is 87.5 Å². The zero-order chi connectivity index (χ0) is 33.2. The molecule has 0 saturated carbocycles. The molecule has 1 radical (unpaired) electrons. The summed E-state index contributed by atoms with van der Waals surface area (Å²) in [6.07, 6.45) is 1.96. The van der Waals surface area contributed by atoms with Crippen LogP contribution in [0.3, 0.4) is 0 Å². The van der Waals surface area contributed by atoms with Gasteiger partial charge in [-0.25, -0.2) is 9.97 Å². The van der Waals surface area contributed by atoms with Gasteiger partial charge in [-0.05, 0) is 29.3 Å². The Hall–Kier alpha value is -4.29. The van der Waals surface area contributed by atoms with Gasteiger partial charge in [0.25, 0.3) is 5.56 Å². The second-order valence-electron chi connectivity index (χ2n) is 12.6. The fourth-order valence-electron chi connectivity index (χ4n) is 6.06. The molecule has 1 fully saturated rings. The standard InChI is InChI=1S/C36H41N4O6Si/c1-35(2,3)47(6)44-21-30-29(20-31(45-30)40-23-39-32-33(40)37-22-38-34(32)41)46-36(24-14-8-7-9-15-24,25-16-10-12-18-27(25)42-4)26-17-11-13-19-28(26)43-5/h7-19,22-23,29-31H,20-21H2,1-6H3,(H,37,38,41)/t29-,30+,31+/m0/s1. The monoisotopic (exact) mass is 653 g/mol. The van der Waals surface area contributed by atoms with Crippen molar-refractivity contribution in [1.82, 2.24) is 19.5 Å². The van der Waals surface area contributed by atoms with Crippen LogP contribution >= 0.6 is 0 Å². The van der Waals surface area contributed by atoms with E-state index in [1.165, 1.54) is 6.33 Å². The molecular weight excluding hydrogens is 613 g/mol. The lowest BCUT2D eigenvalue weighted by atomic mass is 9.78. The topological polar surface area (TPSA) is 110 Å². The summed E-state index contributed by atoms with van der Waals surface area (Å²) in [7, 11) is 2.13. The van der Waals surface area contributed by atoms with Gasteiger partial charge in [-0.3, -0.25) is 9.36 Å². The SMILES string of the molecule is COc1ccccc1C(O[C@H]1C[C@H](n2cnc3c(=O)[nH]cnc32)O[C@@H]1CO[Si](C)C(C)(C)C)(c1ccccc1)c1ccccc1OC. The number of nitrogens with zero attached hydrogens (tertiary/aromatic N) is 3. The molecule has 0 spiro atoms. The van der Waals surface area contributed by atoms with Crippen molar-refractivity contribution in [3.8, 4) is 11.5 Å². The maximum Gasteiger partial charge on any atom is 0.278 e. The van der Waals surface area contributed by atoms with Crippen molar-refractivity contribution < 1.29 is 23.4 Å². The van der Waals surface area contributed by atoms with Crippen LogP contribution in [0.2, 0.25) is 11.6 Å². The zero-order valence-electron chi connectivity index (χ0n) is 27.6. The van der Waals surface area contributed by atoms with Gasteiger partial charge >= 0.3 is 0 Å². The van der Waals surface area contributed by atoms with Gasteiger partial charge in [-0.2, -0.15) is 0 Å². The molecule has 3 aromatic carbocycles. The number of nitrogens with one attached hydrogen (secondary N) is 1. The molecule has 3 heterocycles. The lowest BCUT2D eigenvalue weighted by Gasteiger charge is -2.40. The molecular formula is C36H41N4O6Si. The highest BCUT2D eigenvalue weighted by Crippen LogP contribution is 2.50. The van der Waals surface area contributed by atoms with E-state index in [9.17, 15) is 4.79 Å². The molecule has 6 rings (SSSR count). The smallest absolute Gasteiger partial charge is 0.278 e. The van der Waals surface area contributed by atoms with Crippen LogP contribution in [0.15, 0.2) is 96.3 Å². The molecule has 1 saturated heterocycles. The summed E-state index contributed by atoms with van der Waals surface area (Å²) in [6, 6.07) is 25.9. The Morgan fingerprint density at radius 3 is 2.15 bits per heavy atom. The number of aromatic amines is 1. The number of fused-ring (bicyclic) bond motifs is 1. The average molecular weight is 654 g/mol. The molecule has 2 aromatic heterocycles. The van der Waals surface area contributed by atoms with E-state index in [4.69, 9.17) is 23.4 Å². The van der Waals surface area contributed by atoms with E-state index in [1.54, 1.807) is 25.1 Å². The van der Waals surface area contributed by atoms with Crippen molar-refractivity contribution in [3.63, 3.8) is 0 Å². The number of imidazole rings is 1. The highest BCUT2D eigenvalue weighted by molar-refractivity contribution is 6.53. The Balaban J connectivity index is 1.52. The predicted octanol–water partition coefficient (Wildman–Crippen LogP) is 6.24. The average Bonchev–Trinajstić information content (AvgIpc) is 3.70. The Morgan fingerprint density at radius 1 is 0.915 bits per heavy atom. The molecule has 1 aliphatic heterocycles. The molecule has 47 heavy (non-hydrogen) atoms. The number of rotatable bonds is 11. The maximum atomic E-state index is 12.5. The molecule has 11 heteroatoms. The van der Waals surface area contributed by atoms with E-state index in [0.29, 0.717) is 30.2 Å². The first-order valence-electron chi connectivity index (χ1n) is 15.7. The first kappa shape index (κ1) is 32.6. The molecule has 245 valence electrons. The van der Waals surface area contributed by atoms with Crippen molar-refractivity contribution in [2.75, 3.05) is 20.8 Å². The normalized spacial score (nSPS) is 18.6. The van der Waals surface area contributed by atoms with E-state index < -0.39 is 33.1 Å². The molecule has 5 aromatic rings. The predicted molar refractivity (Wildman–Crippen MR) is 181 cm³/mol. The summed E-state index contributed by atoms with van der Waals surface area (Å²) in [5.41, 5.74) is 1.74. The largest absolute Gasteiger partial charge is 0.496 e. The summed E-state index contributed by atoms with van der Waals surface area (Å²) in [6.45, 7) is 9.08. The summed E-state index contributed by atoms with van der Waals surface area (Å²) in [5.74, 6) is 1.34. The molecule has 0 bridgehead atoms. The fraction of sp³-hybridized carbons (Fsp3) is 0.361. The minimum atomic E-state index is -1.20. The van der Waals surface area contributed by atoms with Crippen molar-refractivity contribution in [1.29, 1.82) is 0 Å². The van der Waals surface area contributed by atoms with Crippen LogP contribution in [0.4, 0.5) is 0 Å². The number of ether oxygens (including phenoxy) is 4. The molecule has 3 atom stereocenters. The van der Waals surface area contributed by atoms with Crippen LogP contribution in [0.5, 0.6) is 11.5 Å². The van der Waals surface area contributed by atoms with Crippen LogP contribution in [0.1, 0.15) is 50.1 Å². The van der Waals surface area contributed by atoms with Crippen molar-refractivity contribution in [3.05, 3.63) is 119 Å². The van der Waals surface area contributed by atoms with Crippen molar-refractivity contribution in [2.45, 2.75) is 62.8 Å². The molecule has 10 nitrogen and oxygen atoms in total. The maximum absolute atomic E-state index is 12.5. The second-order valence-corrected chi connectivity index (χ2v) is 15.5. The van der Waals surface area contributed by atoms with Crippen LogP contribution in [-0.4, -0.2) is 61.6 Å². The first-order valence-corrected chi connectivity index (χ1v) is 17.6. The van der Waals surface area contributed by atoms with Gasteiger partial charge in [0.05, 0.1) is 39.6 Å². The summed E-state index contributed by atoms with van der Waals surface area (Å²) < 4.78 is 34.7. The van der Waals surface area contributed by atoms with Gasteiger partial charge < -0.3 is 28.4 Å². The number of para-hydroxylation sites is 2. The van der Waals surface area contributed by atoms with Crippen LogP contribution in [0, 0.1) is 0 Å². The van der Waals surface area contributed by atoms with E-state index in [2.05, 4.69) is 54.4 Å². The molecule has 0 unspecified atom stereocenters. The van der Waals surface area contributed by atoms with Crippen LogP contribution < -0.4 is 15.0 Å². The minimum Gasteiger partial charge on any atom is -0.496 e. The third-order valence-electron chi connectivity index (χ3n) is 8.86. The summed E-state index contributed by atoms with van der Waals surface area (Å²) >= 11 is 0. The van der Waals surface area contributed by atoms with Gasteiger partial charge in [0.15, 0.2) is 16.8 Å². The zero-order valence-corrected chi connectivity index (χ0v) is 28.6. The van der Waals surface area contributed by atoms with Crippen molar-refractivity contribution >= 4 is 20.2 Å². The Bertz CT molecular complexity index is 1820. The number of hydrogen-bond donors (Lipinski definition) is 1. The highest BCUT2D eigenvalue weighted by atomic mass is 28.3. The quantitative estimate of drug-likeness (QED) is 0.132. The molecule has 0 amide bonds. The van der Waals surface area contributed by atoms with Gasteiger partial charge in [0, 0.05) is 17.5 Å². The van der Waals surface area contributed by atoms with Crippen LogP contribution in [0.25, 0.3) is 11.2 Å². The third-order valence-corrected chi connectivity index (χ3v) is 11.6. The molecule has 1 N–H and O–H groups in total. The number of benzene rings is 3. The summed E-state index contributed by atoms with van der Waals surface area (Å²) in [5, 5.41) is 0.0210. The lowest BCUT2D eigenvalue weighted by molar-refractivity contribution is -0.0975. The fourth-order valence-corrected chi connectivity index (χ4v) is 6.91. The number of methoxy groups -OCH3 is 2. The van der Waals surface area contributed by atoms with E-state index >= 15 is 0 Å². The second kappa shape index (κ2) is 13.4. The first-order chi connectivity index (χ1) is 22.7. The van der Waals surface area contributed by atoms with Gasteiger partial charge in [-0.15, -0.1) is 0 Å². The minimum absolute atomic E-state index is 0.0210. The third kappa shape index (κ3) is 6.23. The molecule has 1 aliphatic rings.